The first-order valence-electron chi connectivity index (χ1n) is 9.64. The van der Waals surface area contributed by atoms with Crippen LogP contribution in [0, 0.1) is 6.92 Å². The van der Waals surface area contributed by atoms with Gasteiger partial charge in [0.25, 0.3) is 5.91 Å². The molecular weight excluding hydrogens is 342 g/mol. The predicted molar refractivity (Wildman–Crippen MR) is 103 cm³/mol. The molecule has 0 radical (unpaired) electrons. The molecule has 2 heterocycles. The van der Waals surface area contributed by atoms with Crippen LogP contribution in [0.1, 0.15) is 48.8 Å². The van der Waals surface area contributed by atoms with Crippen molar-refractivity contribution in [3.63, 3.8) is 0 Å². The van der Waals surface area contributed by atoms with Crippen LogP contribution < -0.4 is 9.47 Å². The highest BCUT2D eigenvalue weighted by Crippen LogP contribution is 2.20. The van der Waals surface area contributed by atoms with Gasteiger partial charge < -0.3 is 14.4 Å². The van der Waals surface area contributed by atoms with E-state index < -0.39 is 0 Å². The number of unbranched alkanes of at least 4 members (excludes halogenated alkanes) is 1. The van der Waals surface area contributed by atoms with E-state index in [0.717, 1.165) is 31.4 Å². The molecule has 0 N–H and O–H groups in total. The Morgan fingerprint density at radius 2 is 1.93 bits per heavy atom. The molecule has 0 bridgehead atoms. The molecule has 0 spiro atoms. The molecule has 1 aliphatic rings. The number of ether oxygens (including phenoxy) is 2. The van der Waals surface area contributed by atoms with Crippen molar-refractivity contribution in [2.75, 3.05) is 19.7 Å². The van der Waals surface area contributed by atoms with E-state index >= 15 is 0 Å². The Morgan fingerprint density at radius 1 is 1.19 bits per heavy atom. The number of aryl methyl sites for hydroxylation is 1. The lowest BCUT2D eigenvalue weighted by molar-refractivity contribution is 0.0587. The second-order valence-corrected chi connectivity index (χ2v) is 6.78. The molecule has 1 aromatic carbocycles. The zero-order valence-electron chi connectivity index (χ0n) is 16.1. The van der Waals surface area contributed by atoms with Gasteiger partial charge in [0.2, 0.25) is 5.88 Å². The molecule has 0 saturated carbocycles. The van der Waals surface area contributed by atoms with Gasteiger partial charge >= 0.3 is 0 Å². The zero-order valence-corrected chi connectivity index (χ0v) is 16.1. The molecule has 1 aliphatic heterocycles. The van der Waals surface area contributed by atoms with E-state index in [9.17, 15) is 4.79 Å². The standard InChI is InChI=1S/C21H27N3O3/c1-3-4-15-26-18-7-5-17(6-8-18)21(25)24-13-10-19(11-14-24)27-20-9-12-22-16(2)23-20/h5-9,12,19H,3-4,10-11,13-15H2,1-2H3. The van der Waals surface area contributed by atoms with Crippen molar-refractivity contribution in [3.05, 3.63) is 47.9 Å². The first-order chi connectivity index (χ1) is 13.2. The summed E-state index contributed by atoms with van der Waals surface area (Å²) in [6.45, 7) is 6.05. The van der Waals surface area contributed by atoms with E-state index in [-0.39, 0.29) is 12.0 Å². The fourth-order valence-corrected chi connectivity index (χ4v) is 3.06. The number of hydrogen-bond acceptors (Lipinski definition) is 5. The Labute approximate surface area is 160 Å². The first kappa shape index (κ1) is 19.1. The maximum Gasteiger partial charge on any atom is 0.253 e. The van der Waals surface area contributed by atoms with Crippen LogP contribution in [0.2, 0.25) is 0 Å². The highest BCUT2D eigenvalue weighted by atomic mass is 16.5. The second kappa shape index (κ2) is 9.35. The van der Waals surface area contributed by atoms with Crippen LogP contribution in [0.4, 0.5) is 0 Å². The largest absolute Gasteiger partial charge is 0.494 e. The number of nitrogens with zero attached hydrogens (tertiary/aromatic N) is 3. The van der Waals surface area contributed by atoms with Gasteiger partial charge in [0, 0.05) is 43.8 Å². The number of aromatic nitrogens is 2. The van der Waals surface area contributed by atoms with Gasteiger partial charge in [0.15, 0.2) is 0 Å². The summed E-state index contributed by atoms with van der Waals surface area (Å²) in [5, 5.41) is 0. The molecule has 1 saturated heterocycles. The number of carbonyl (C=O) groups excluding carboxylic acids is 1. The Morgan fingerprint density at radius 3 is 2.59 bits per heavy atom. The fraction of sp³-hybridized carbons (Fsp3) is 0.476. The SMILES string of the molecule is CCCCOc1ccc(C(=O)N2CCC(Oc3ccnc(C)n3)CC2)cc1. The normalized spacial score (nSPS) is 14.8. The third kappa shape index (κ3) is 5.42. The van der Waals surface area contributed by atoms with E-state index in [4.69, 9.17) is 9.47 Å². The molecule has 27 heavy (non-hydrogen) atoms. The van der Waals surface area contributed by atoms with Crippen molar-refractivity contribution < 1.29 is 14.3 Å². The lowest BCUT2D eigenvalue weighted by atomic mass is 10.1. The first-order valence-corrected chi connectivity index (χ1v) is 9.64. The summed E-state index contributed by atoms with van der Waals surface area (Å²) in [5.41, 5.74) is 0.698. The average Bonchev–Trinajstić information content (AvgIpc) is 2.69. The highest BCUT2D eigenvalue weighted by molar-refractivity contribution is 5.94. The zero-order chi connectivity index (χ0) is 19.1. The molecular formula is C21H27N3O3. The Balaban J connectivity index is 1.49. The van der Waals surface area contributed by atoms with E-state index in [2.05, 4.69) is 16.9 Å². The van der Waals surface area contributed by atoms with Gasteiger partial charge in [-0.05, 0) is 37.6 Å². The average molecular weight is 369 g/mol. The van der Waals surface area contributed by atoms with E-state index in [1.54, 1.807) is 12.3 Å². The Hall–Kier alpha value is -2.63. The second-order valence-electron chi connectivity index (χ2n) is 6.78. The summed E-state index contributed by atoms with van der Waals surface area (Å²) in [5.74, 6) is 2.17. The number of benzene rings is 1. The van der Waals surface area contributed by atoms with Gasteiger partial charge in [-0.25, -0.2) is 4.98 Å². The van der Waals surface area contributed by atoms with Crippen LogP contribution in [0.15, 0.2) is 36.5 Å². The highest BCUT2D eigenvalue weighted by Gasteiger charge is 2.25. The van der Waals surface area contributed by atoms with Crippen LogP contribution in [-0.2, 0) is 0 Å². The lowest BCUT2D eigenvalue weighted by Gasteiger charge is -2.32. The molecule has 0 unspecified atom stereocenters. The molecule has 144 valence electrons. The molecule has 1 fully saturated rings. The van der Waals surface area contributed by atoms with Crippen molar-refractivity contribution in [3.8, 4) is 11.6 Å². The molecule has 6 nitrogen and oxygen atoms in total. The smallest absolute Gasteiger partial charge is 0.253 e. The molecule has 3 rings (SSSR count). The van der Waals surface area contributed by atoms with Crippen molar-refractivity contribution in [1.82, 2.24) is 14.9 Å². The van der Waals surface area contributed by atoms with Crippen molar-refractivity contribution in [2.45, 2.75) is 45.6 Å². The fourth-order valence-electron chi connectivity index (χ4n) is 3.06. The third-order valence-electron chi connectivity index (χ3n) is 4.63. The number of likely N-dealkylation sites (tertiary alicyclic amines) is 1. The van der Waals surface area contributed by atoms with Crippen molar-refractivity contribution in [2.24, 2.45) is 0 Å². The number of hydrogen-bond donors (Lipinski definition) is 0. The van der Waals surface area contributed by atoms with E-state index in [0.29, 0.717) is 37.0 Å². The van der Waals surface area contributed by atoms with Gasteiger partial charge in [0.1, 0.15) is 17.7 Å². The number of carbonyl (C=O) groups is 1. The maximum atomic E-state index is 12.7. The summed E-state index contributed by atoms with van der Waals surface area (Å²) < 4.78 is 11.6. The molecule has 1 aromatic heterocycles. The van der Waals surface area contributed by atoms with Gasteiger partial charge in [-0.1, -0.05) is 13.3 Å². The van der Waals surface area contributed by atoms with Gasteiger partial charge in [-0.15, -0.1) is 0 Å². The van der Waals surface area contributed by atoms with Crippen LogP contribution in [0.25, 0.3) is 0 Å². The van der Waals surface area contributed by atoms with Crippen LogP contribution in [0.5, 0.6) is 11.6 Å². The number of rotatable bonds is 7. The summed E-state index contributed by atoms with van der Waals surface area (Å²) >= 11 is 0. The quantitative estimate of drug-likeness (QED) is 0.697. The topological polar surface area (TPSA) is 64.5 Å². The van der Waals surface area contributed by atoms with Gasteiger partial charge in [-0.2, -0.15) is 4.98 Å². The Bertz CT molecular complexity index is 741. The number of amides is 1. The van der Waals surface area contributed by atoms with Crippen molar-refractivity contribution >= 4 is 5.91 Å². The van der Waals surface area contributed by atoms with Crippen LogP contribution >= 0.6 is 0 Å². The monoisotopic (exact) mass is 369 g/mol. The summed E-state index contributed by atoms with van der Waals surface area (Å²) in [7, 11) is 0. The van der Waals surface area contributed by atoms with Gasteiger partial charge in [0.05, 0.1) is 6.61 Å². The summed E-state index contributed by atoms with van der Waals surface area (Å²) in [6.07, 6.45) is 5.52. The minimum absolute atomic E-state index is 0.0615. The lowest BCUT2D eigenvalue weighted by Crippen LogP contribution is -2.41. The van der Waals surface area contributed by atoms with Crippen molar-refractivity contribution in [1.29, 1.82) is 0 Å². The minimum Gasteiger partial charge on any atom is -0.494 e. The summed E-state index contributed by atoms with van der Waals surface area (Å²) in [4.78, 5) is 22.9. The predicted octanol–water partition coefficient (Wildman–Crippen LogP) is 3.65. The molecule has 0 aliphatic carbocycles. The van der Waals surface area contributed by atoms with Crippen LogP contribution in [0.3, 0.4) is 0 Å². The third-order valence-corrected chi connectivity index (χ3v) is 4.63. The minimum atomic E-state index is 0.0615. The summed E-state index contributed by atoms with van der Waals surface area (Å²) in [6, 6.07) is 9.20. The maximum absolute atomic E-state index is 12.7. The molecule has 2 aromatic rings. The molecule has 1 amide bonds. The number of piperidine rings is 1. The van der Waals surface area contributed by atoms with Crippen LogP contribution in [-0.4, -0.2) is 46.6 Å². The van der Waals surface area contributed by atoms with E-state index in [1.165, 1.54) is 0 Å². The molecule has 0 atom stereocenters. The molecule has 6 heteroatoms. The Kier molecular flexibility index (Phi) is 6.63. The van der Waals surface area contributed by atoms with Gasteiger partial charge in [-0.3, -0.25) is 4.79 Å². The van der Waals surface area contributed by atoms with E-state index in [1.807, 2.05) is 36.1 Å².